The Morgan fingerprint density at radius 3 is 2.41 bits per heavy atom. The molecule has 1 aromatic carbocycles. The highest BCUT2D eigenvalue weighted by Gasteiger charge is 2.18. The van der Waals surface area contributed by atoms with Crippen molar-refractivity contribution in [2.75, 3.05) is 4.72 Å². The summed E-state index contributed by atoms with van der Waals surface area (Å²) in [6.07, 6.45) is 4.71. The summed E-state index contributed by atoms with van der Waals surface area (Å²) >= 11 is 0. The number of benzene rings is 1. The smallest absolute Gasteiger partial charge is 0.263 e. The van der Waals surface area contributed by atoms with Crippen LogP contribution in [0.3, 0.4) is 0 Å². The summed E-state index contributed by atoms with van der Waals surface area (Å²) in [6.45, 7) is 0. The largest absolute Gasteiger partial charge is 0.265 e. The standard InChI is InChI=1S/C14H11FN4O2S/c15-11-1-3-12(4-2-11)22(20,21)19-14-13(9-17-18-14)10-5-7-16-8-6-10/h1-9H,(H2,17,18,19). The van der Waals surface area contributed by atoms with E-state index in [4.69, 9.17) is 0 Å². The topological polar surface area (TPSA) is 87.7 Å². The molecule has 2 heterocycles. The molecule has 0 aliphatic rings. The van der Waals surface area contributed by atoms with Gasteiger partial charge in [0.25, 0.3) is 10.0 Å². The van der Waals surface area contributed by atoms with E-state index in [0.717, 1.165) is 17.7 Å². The van der Waals surface area contributed by atoms with Gasteiger partial charge in [0.05, 0.1) is 11.1 Å². The van der Waals surface area contributed by atoms with Crippen molar-refractivity contribution in [3.63, 3.8) is 0 Å². The van der Waals surface area contributed by atoms with Gasteiger partial charge < -0.3 is 0 Å². The molecule has 0 bridgehead atoms. The lowest BCUT2D eigenvalue weighted by Crippen LogP contribution is -2.13. The van der Waals surface area contributed by atoms with Gasteiger partial charge in [-0.05, 0) is 42.0 Å². The number of hydrogen-bond acceptors (Lipinski definition) is 4. The average Bonchev–Trinajstić information content (AvgIpc) is 2.96. The summed E-state index contributed by atoms with van der Waals surface area (Å²) in [7, 11) is -3.83. The van der Waals surface area contributed by atoms with Crippen LogP contribution < -0.4 is 4.72 Å². The van der Waals surface area contributed by atoms with Gasteiger partial charge >= 0.3 is 0 Å². The van der Waals surface area contributed by atoms with Crippen molar-refractivity contribution in [3.8, 4) is 11.1 Å². The summed E-state index contributed by atoms with van der Waals surface area (Å²) in [5.74, 6) is -0.270. The molecule has 0 amide bonds. The Balaban J connectivity index is 1.94. The van der Waals surface area contributed by atoms with E-state index < -0.39 is 15.8 Å². The minimum absolute atomic E-state index is 0.0378. The summed E-state index contributed by atoms with van der Waals surface area (Å²) in [5, 5.41) is 6.46. The van der Waals surface area contributed by atoms with Crippen molar-refractivity contribution in [1.29, 1.82) is 0 Å². The first-order valence-electron chi connectivity index (χ1n) is 6.28. The fraction of sp³-hybridized carbons (Fsp3) is 0. The Kier molecular flexibility index (Phi) is 3.60. The molecule has 0 unspecified atom stereocenters. The molecule has 2 N–H and O–H groups in total. The van der Waals surface area contributed by atoms with E-state index in [-0.39, 0.29) is 10.7 Å². The first kappa shape index (κ1) is 14.2. The van der Waals surface area contributed by atoms with Gasteiger partial charge in [0.2, 0.25) is 0 Å². The normalized spacial score (nSPS) is 11.3. The molecule has 0 saturated carbocycles. The van der Waals surface area contributed by atoms with E-state index in [2.05, 4.69) is 19.9 Å². The number of halogens is 1. The van der Waals surface area contributed by atoms with Crippen molar-refractivity contribution in [2.24, 2.45) is 0 Å². The maximum absolute atomic E-state index is 12.9. The third-order valence-corrected chi connectivity index (χ3v) is 4.36. The van der Waals surface area contributed by atoms with E-state index in [1.807, 2.05) is 0 Å². The van der Waals surface area contributed by atoms with E-state index >= 15 is 0 Å². The van der Waals surface area contributed by atoms with Crippen molar-refractivity contribution in [1.82, 2.24) is 15.2 Å². The molecule has 0 atom stereocenters. The first-order valence-corrected chi connectivity index (χ1v) is 7.77. The highest BCUT2D eigenvalue weighted by atomic mass is 32.2. The maximum atomic E-state index is 12.9. The number of aromatic amines is 1. The molecule has 112 valence electrons. The Morgan fingerprint density at radius 1 is 1.05 bits per heavy atom. The summed E-state index contributed by atoms with van der Waals surface area (Å²) in [5.41, 5.74) is 1.36. The second-order valence-corrected chi connectivity index (χ2v) is 6.14. The Hall–Kier alpha value is -2.74. The molecule has 22 heavy (non-hydrogen) atoms. The molecule has 6 nitrogen and oxygen atoms in total. The van der Waals surface area contributed by atoms with Crippen LogP contribution in [-0.2, 0) is 10.0 Å². The van der Waals surface area contributed by atoms with E-state index in [1.54, 1.807) is 24.5 Å². The third-order valence-electron chi connectivity index (χ3n) is 2.99. The lowest BCUT2D eigenvalue weighted by atomic mass is 10.1. The lowest BCUT2D eigenvalue weighted by molar-refractivity contribution is 0.599. The second kappa shape index (κ2) is 5.57. The predicted octanol–water partition coefficient (Wildman–Crippen LogP) is 2.41. The predicted molar refractivity (Wildman–Crippen MR) is 79.0 cm³/mol. The molecular formula is C14H11FN4O2S. The molecule has 0 aliphatic heterocycles. The number of anilines is 1. The van der Waals surface area contributed by atoms with Gasteiger partial charge in [-0.25, -0.2) is 12.8 Å². The number of nitrogens with one attached hydrogen (secondary N) is 2. The maximum Gasteiger partial charge on any atom is 0.263 e. The Bertz CT molecular complexity index is 877. The van der Waals surface area contributed by atoms with Crippen LogP contribution in [0.2, 0.25) is 0 Å². The van der Waals surface area contributed by atoms with Crippen LogP contribution in [0.1, 0.15) is 0 Å². The zero-order valence-electron chi connectivity index (χ0n) is 11.2. The van der Waals surface area contributed by atoms with Gasteiger partial charge in [0.15, 0.2) is 0 Å². The highest BCUT2D eigenvalue weighted by molar-refractivity contribution is 7.92. The molecule has 0 radical (unpaired) electrons. The first-order chi connectivity index (χ1) is 10.6. The summed E-state index contributed by atoms with van der Waals surface area (Å²) < 4.78 is 39.9. The zero-order valence-corrected chi connectivity index (χ0v) is 12.0. The monoisotopic (exact) mass is 318 g/mol. The number of aromatic nitrogens is 3. The average molecular weight is 318 g/mol. The number of hydrogen-bond donors (Lipinski definition) is 2. The Labute approximate surface area is 126 Å². The lowest BCUT2D eigenvalue weighted by Gasteiger charge is -2.08. The molecule has 3 rings (SSSR count). The van der Waals surface area contributed by atoms with Crippen LogP contribution in [0.25, 0.3) is 11.1 Å². The number of sulfonamides is 1. The van der Waals surface area contributed by atoms with Crippen LogP contribution in [0.5, 0.6) is 0 Å². The fourth-order valence-corrected chi connectivity index (χ4v) is 2.96. The van der Waals surface area contributed by atoms with Crippen molar-refractivity contribution in [3.05, 3.63) is 60.8 Å². The number of pyridine rings is 1. The minimum Gasteiger partial charge on any atom is -0.265 e. The molecule has 8 heteroatoms. The van der Waals surface area contributed by atoms with Gasteiger partial charge in [-0.1, -0.05) is 0 Å². The van der Waals surface area contributed by atoms with E-state index in [9.17, 15) is 12.8 Å². The van der Waals surface area contributed by atoms with Crippen molar-refractivity contribution >= 4 is 15.8 Å². The van der Waals surface area contributed by atoms with Crippen LogP contribution in [0.4, 0.5) is 10.2 Å². The van der Waals surface area contributed by atoms with Crippen LogP contribution in [0, 0.1) is 5.82 Å². The molecule has 0 spiro atoms. The number of H-pyrrole nitrogens is 1. The zero-order chi connectivity index (χ0) is 15.6. The van der Waals surface area contributed by atoms with Crippen LogP contribution >= 0.6 is 0 Å². The van der Waals surface area contributed by atoms with Gasteiger partial charge in [-0.3, -0.25) is 14.8 Å². The molecular weight excluding hydrogens is 307 g/mol. The summed E-state index contributed by atoms with van der Waals surface area (Å²) in [4.78, 5) is 3.87. The van der Waals surface area contributed by atoms with Crippen LogP contribution in [-0.4, -0.2) is 23.6 Å². The Morgan fingerprint density at radius 2 is 1.73 bits per heavy atom. The fourth-order valence-electron chi connectivity index (χ4n) is 1.92. The molecule has 0 fully saturated rings. The van der Waals surface area contributed by atoms with E-state index in [1.165, 1.54) is 18.3 Å². The van der Waals surface area contributed by atoms with Crippen molar-refractivity contribution in [2.45, 2.75) is 4.90 Å². The molecule has 0 aliphatic carbocycles. The van der Waals surface area contributed by atoms with Crippen molar-refractivity contribution < 1.29 is 12.8 Å². The number of nitrogens with zero attached hydrogens (tertiary/aromatic N) is 2. The van der Waals surface area contributed by atoms with Gasteiger partial charge in [-0.2, -0.15) is 5.10 Å². The quantitative estimate of drug-likeness (QED) is 0.773. The minimum atomic E-state index is -3.83. The second-order valence-electron chi connectivity index (χ2n) is 4.45. The molecule has 0 saturated heterocycles. The van der Waals surface area contributed by atoms with E-state index in [0.29, 0.717) is 5.56 Å². The van der Waals surface area contributed by atoms with Crippen LogP contribution in [0.15, 0.2) is 59.9 Å². The van der Waals surface area contributed by atoms with Gasteiger partial charge in [0, 0.05) is 18.0 Å². The third kappa shape index (κ3) is 2.82. The van der Waals surface area contributed by atoms with Gasteiger partial charge in [-0.15, -0.1) is 0 Å². The highest BCUT2D eigenvalue weighted by Crippen LogP contribution is 2.27. The molecule has 3 aromatic rings. The van der Waals surface area contributed by atoms with Gasteiger partial charge in [0.1, 0.15) is 11.6 Å². The number of rotatable bonds is 4. The summed E-state index contributed by atoms with van der Waals surface area (Å²) in [6, 6.07) is 8.04. The molecule has 2 aromatic heterocycles. The SMILES string of the molecule is O=S(=O)(Nc1[nH]ncc1-c1ccncc1)c1ccc(F)cc1.